The van der Waals surface area contributed by atoms with Gasteiger partial charge in [0.05, 0.1) is 0 Å². The van der Waals surface area contributed by atoms with Crippen molar-refractivity contribution in [3.05, 3.63) is 224 Å². The molecule has 0 bridgehead atoms. The van der Waals surface area contributed by atoms with Gasteiger partial charge in [0.25, 0.3) is 0 Å². The van der Waals surface area contributed by atoms with Crippen LogP contribution in [0.25, 0.3) is 88.0 Å². The summed E-state index contributed by atoms with van der Waals surface area (Å²) in [5.41, 5.74) is 14.5. The first-order valence-electron chi connectivity index (χ1n) is 19.8. The number of fused-ring (bicyclic) bond motifs is 6. The van der Waals surface area contributed by atoms with Crippen LogP contribution in [0.3, 0.4) is 0 Å². The average Bonchev–Trinajstić information content (AvgIpc) is 3.69. The van der Waals surface area contributed by atoms with E-state index in [1.165, 1.54) is 60.5 Å². The van der Waals surface area contributed by atoms with Gasteiger partial charge in [-0.05, 0) is 127 Å². The molecule has 2 heteroatoms. The Bertz CT molecular complexity index is 3270. The molecular weight excluding hydrogens is 703 g/mol. The van der Waals surface area contributed by atoms with Crippen LogP contribution in [0.5, 0.6) is 0 Å². The highest BCUT2D eigenvalue weighted by atomic mass is 16.3. The second kappa shape index (κ2) is 14.1. The van der Waals surface area contributed by atoms with Gasteiger partial charge >= 0.3 is 0 Å². The van der Waals surface area contributed by atoms with Gasteiger partial charge in [-0.3, -0.25) is 0 Å². The van der Waals surface area contributed by atoms with E-state index in [4.69, 9.17) is 4.42 Å². The van der Waals surface area contributed by atoms with Crippen molar-refractivity contribution >= 4 is 60.5 Å². The first-order valence-corrected chi connectivity index (χ1v) is 19.8. The zero-order valence-electron chi connectivity index (χ0n) is 31.7. The molecule has 0 aliphatic carbocycles. The number of rotatable bonds is 7. The van der Waals surface area contributed by atoms with E-state index < -0.39 is 0 Å². The monoisotopic (exact) mass is 739 g/mol. The Morgan fingerprint density at radius 3 is 1.72 bits per heavy atom. The molecule has 1 heterocycles. The van der Waals surface area contributed by atoms with Crippen LogP contribution < -0.4 is 4.90 Å². The summed E-state index contributed by atoms with van der Waals surface area (Å²) in [6.45, 7) is 0. The summed E-state index contributed by atoms with van der Waals surface area (Å²) in [4.78, 5) is 2.39. The van der Waals surface area contributed by atoms with Crippen molar-refractivity contribution in [2.24, 2.45) is 0 Å². The molecule has 58 heavy (non-hydrogen) atoms. The van der Waals surface area contributed by atoms with Gasteiger partial charge in [-0.1, -0.05) is 164 Å². The minimum absolute atomic E-state index is 0.913. The van der Waals surface area contributed by atoms with Crippen molar-refractivity contribution < 1.29 is 4.42 Å². The van der Waals surface area contributed by atoms with Crippen LogP contribution in [0.4, 0.5) is 17.1 Å². The fourth-order valence-corrected chi connectivity index (χ4v) is 8.56. The van der Waals surface area contributed by atoms with E-state index in [1.54, 1.807) is 0 Å². The van der Waals surface area contributed by atoms with Crippen LogP contribution in [0.15, 0.2) is 229 Å². The van der Waals surface area contributed by atoms with E-state index in [0.717, 1.165) is 44.6 Å². The topological polar surface area (TPSA) is 16.4 Å². The van der Waals surface area contributed by atoms with Gasteiger partial charge in [-0.15, -0.1) is 0 Å². The molecule has 0 amide bonds. The normalized spacial score (nSPS) is 11.4. The standard InChI is InChI=1S/C56H37NO/c1-3-12-38(13-4-1)44-18-11-19-48(35-44)57(49-31-32-50(41-15-5-2-6-16-41)52(37-49)46-25-22-39-14-7-8-17-43(39)34-46)47-29-26-40(27-30-47)45-24-23-42-28-33-55-56(53(42)36-45)51-20-9-10-21-54(51)58-55/h1-37H. The molecular formula is C56H37NO. The summed E-state index contributed by atoms with van der Waals surface area (Å²) < 4.78 is 6.25. The molecule has 0 N–H and O–H groups in total. The lowest BCUT2D eigenvalue weighted by molar-refractivity contribution is 0.669. The molecule has 0 saturated heterocycles. The lowest BCUT2D eigenvalue weighted by Crippen LogP contribution is -2.10. The van der Waals surface area contributed by atoms with E-state index in [9.17, 15) is 0 Å². The Morgan fingerprint density at radius 2 is 0.879 bits per heavy atom. The molecule has 0 spiro atoms. The molecule has 2 nitrogen and oxygen atoms in total. The van der Waals surface area contributed by atoms with Gasteiger partial charge in [0.1, 0.15) is 11.2 Å². The molecule has 0 aliphatic rings. The Hall–Kier alpha value is -7.68. The van der Waals surface area contributed by atoms with Gasteiger partial charge in [0.15, 0.2) is 0 Å². The maximum Gasteiger partial charge on any atom is 0.136 e. The van der Waals surface area contributed by atoms with Gasteiger partial charge in [0.2, 0.25) is 0 Å². The number of hydrogen-bond acceptors (Lipinski definition) is 2. The maximum atomic E-state index is 6.25. The number of anilines is 3. The minimum atomic E-state index is 0.913. The number of furan rings is 1. The van der Waals surface area contributed by atoms with Crippen molar-refractivity contribution in [1.29, 1.82) is 0 Å². The van der Waals surface area contributed by atoms with Crippen molar-refractivity contribution in [3.63, 3.8) is 0 Å². The summed E-state index contributed by atoms with van der Waals surface area (Å²) in [5.74, 6) is 0. The highest BCUT2D eigenvalue weighted by molar-refractivity contribution is 6.19. The zero-order chi connectivity index (χ0) is 38.4. The average molecular weight is 740 g/mol. The molecule has 11 rings (SSSR count). The van der Waals surface area contributed by atoms with Crippen LogP contribution in [-0.4, -0.2) is 0 Å². The predicted molar refractivity (Wildman–Crippen MR) is 245 cm³/mol. The third kappa shape index (κ3) is 6.00. The van der Waals surface area contributed by atoms with E-state index in [0.29, 0.717) is 0 Å². The van der Waals surface area contributed by atoms with Crippen molar-refractivity contribution in [2.45, 2.75) is 0 Å². The molecule has 11 aromatic rings. The van der Waals surface area contributed by atoms with E-state index in [1.807, 2.05) is 12.1 Å². The number of nitrogens with zero attached hydrogens (tertiary/aromatic N) is 1. The molecule has 0 saturated carbocycles. The van der Waals surface area contributed by atoms with E-state index >= 15 is 0 Å². The Kier molecular flexibility index (Phi) is 8.19. The van der Waals surface area contributed by atoms with Crippen LogP contribution in [0, 0.1) is 0 Å². The molecule has 272 valence electrons. The Morgan fingerprint density at radius 1 is 0.276 bits per heavy atom. The lowest BCUT2D eigenvalue weighted by Gasteiger charge is -2.27. The highest BCUT2D eigenvalue weighted by Crippen LogP contribution is 2.43. The molecule has 0 radical (unpaired) electrons. The Labute approximate surface area is 337 Å². The second-order valence-corrected chi connectivity index (χ2v) is 14.9. The highest BCUT2D eigenvalue weighted by Gasteiger charge is 2.18. The van der Waals surface area contributed by atoms with Gasteiger partial charge < -0.3 is 9.32 Å². The van der Waals surface area contributed by atoms with Crippen molar-refractivity contribution in [2.75, 3.05) is 4.90 Å². The smallest absolute Gasteiger partial charge is 0.136 e. The maximum absolute atomic E-state index is 6.25. The molecule has 0 atom stereocenters. The molecule has 1 aromatic heterocycles. The fraction of sp³-hybridized carbons (Fsp3) is 0. The Balaban J connectivity index is 1.06. The molecule has 0 unspecified atom stereocenters. The van der Waals surface area contributed by atoms with Crippen LogP contribution in [-0.2, 0) is 0 Å². The molecule has 10 aromatic carbocycles. The van der Waals surface area contributed by atoms with Crippen molar-refractivity contribution in [1.82, 2.24) is 0 Å². The molecule has 0 aliphatic heterocycles. The summed E-state index contributed by atoms with van der Waals surface area (Å²) in [6.07, 6.45) is 0. The second-order valence-electron chi connectivity index (χ2n) is 14.9. The fourth-order valence-electron chi connectivity index (χ4n) is 8.56. The van der Waals surface area contributed by atoms with Crippen LogP contribution in [0.2, 0.25) is 0 Å². The van der Waals surface area contributed by atoms with E-state index in [2.05, 4.69) is 217 Å². The quantitative estimate of drug-likeness (QED) is 0.162. The summed E-state index contributed by atoms with van der Waals surface area (Å²) >= 11 is 0. The van der Waals surface area contributed by atoms with Gasteiger partial charge in [-0.2, -0.15) is 0 Å². The first kappa shape index (κ1) is 33.6. The third-order valence-electron chi connectivity index (χ3n) is 11.4. The van der Waals surface area contributed by atoms with Crippen LogP contribution >= 0.6 is 0 Å². The number of para-hydroxylation sites is 1. The van der Waals surface area contributed by atoms with E-state index in [-0.39, 0.29) is 0 Å². The predicted octanol–water partition coefficient (Wildman–Crippen LogP) is 16.0. The number of benzene rings is 10. The third-order valence-corrected chi connectivity index (χ3v) is 11.4. The first-order chi connectivity index (χ1) is 28.7. The summed E-state index contributed by atoms with van der Waals surface area (Å²) in [6, 6.07) is 80.9. The van der Waals surface area contributed by atoms with Crippen molar-refractivity contribution in [3.8, 4) is 44.5 Å². The molecule has 0 fully saturated rings. The van der Waals surface area contributed by atoms with Crippen LogP contribution in [0.1, 0.15) is 0 Å². The summed E-state index contributed by atoms with van der Waals surface area (Å²) in [7, 11) is 0. The number of hydrogen-bond donors (Lipinski definition) is 0. The SMILES string of the molecule is c1ccc(-c2cccc(N(c3ccc(-c4ccc5ccc6oc7ccccc7c6c5c4)cc3)c3ccc(-c4ccccc4)c(-c4ccc5ccccc5c4)c3)c2)cc1. The van der Waals surface area contributed by atoms with Gasteiger partial charge in [-0.25, -0.2) is 0 Å². The summed E-state index contributed by atoms with van der Waals surface area (Å²) in [5, 5.41) is 7.16. The lowest BCUT2D eigenvalue weighted by atomic mass is 9.92. The minimum Gasteiger partial charge on any atom is -0.456 e. The van der Waals surface area contributed by atoms with Gasteiger partial charge in [0, 0.05) is 27.8 Å². The largest absolute Gasteiger partial charge is 0.456 e. The zero-order valence-corrected chi connectivity index (χ0v) is 31.7.